The molecule has 2 aromatic carbocycles. The highest BCUT2D eigenvalue weighted by molar-refractivity contribution is 6.35. The fourth-order valence-electron chi connectivity index (χ4n) is 3.11. The number of aldehydes is 1. The van der Waals surface area contributed by atoms with E-state index in [1.54, 1.807) is 23.7 Å². The summed E-state index contributed by atoms with van der Waals surface area (Å²) in [6.07, 6.45) is -3.02. The van der Waals surface area contributed by atoms with Gasteiger partial charge in [0.25, 0.3) is 0 Å². The SMILES string of the molecule is CCC(C=O)c1ccccc1-c1nc2cc(C(F)(F)F)cc(Cl)c2n1C. The number of benzene rings is 2. The number of halogens is 4. The van der Waals surface area contributed by atoms with Gasteiger partial charge in [0.2, 0.25) is 0 Å². The Hall–Kier alpha value is -2.34. The fraction of sp³-hybridized carbons (Fsp3) is 0.263. The summed E-state index contributed by atoms with van der Waals surface area (Å²) in [6.45, 7) is 1.90. The summed E-state index contributed by atoms with van der Waals surface area (Å²) in [5.41, 5.74) is 1.23. The lowest BCUT2D eigenvalue weighted by Crippen LogP contribution is -2.05. The number of rotatable bonds is 4. The molecule has 0 N–H and O–H groups in total. The number of carbonyl (C=O) groups is 1. The van der Waals surface area contributed by atoms with Crippen molar-refractivity contribution < 1.29 is 18.0 Å². The van der Waals surface area contributed by atoms with Crippen LogP contribution >= 0.6 is 11.6 Å². The van der Waals surface area contributed by atoms with E-state index in [-0.39, 0.29) is 16.5 Å². The molecule has 3 aromatic rings. The second-order valence-electron chi connectivity index (χ2n) is 6.06. The van der Waals surface area contributed by atoms with Gasteiger partial charge >= 0.3 is 6.18 Å². The molecule has 0 saturated heterocycles. The van der Waals surface area contributed by atoms with Gasteiger partial charge in [-0.2, -0.15) is 13.2 Å². The largest absolute Gasteiger partial charge is 0.416 e. The molecule has 3 nitrogen and oxygen atoms in total. The van der Waals surface area contributed by atoms with Crippen LogP contribution in [0.3, 0.4) is 0 Å². The van der Waals surface area contributed by atoms with E-state index in [9.17, 15) is 18.0 Å². The maximum atomic E-state index is 13.1. The van der Waals surface area contributed by atoms with Crippen LogP contribution in [0.5, 0.6) is 0 Å². The van der Waals surface area contributed by atoms with Crippen molar-refractivity contribution >= 4 is 28.9 Å². The number of aromatic nitrogens is 2. The van der Waals surface area contributed by atoms with Gasteiger partial charge in [0.05, 0.1) is 21.6 Å². The molecular weight excluding hydrogens is 365 g/mol. The molecule has 3 rings (SSSR count). The first-order valence-electron chi connectivity index (χ1n) is 8.05. The molecule has 1 atom stereocenters. The predicted molar refractivity (Wildman–Crippen MR) is 95.3 cm³/mol. The molecule has 0 aliphatic heterocycles. The van der Waals surface area contributed by atoms with E-state index in [1.165, 1.54) is 0 Å². The number of hydrogen-bond donors (Lipinski definition) is 0. The van der Waals surface area contributed by atoms with Gasteiger partial charge in [-0.25, -0.2) is 4.98 Å². The van der Waals surface area contributed by atoms with Gasteiger partial charge in [0.15, 0.2) is 0 Å². The van der Waals surface area contributed by atoms with Crippen LogP contribution < -0.4 is 0 Å². The molecule has 7 heteroatoms. The number of fused-ring (bicyclic) bond motifs is 1. The molecule has 26 heavy (non-hydrogen) atoms. The van der Waals surface area contributed by atoms with Gasteiger partial charge in [-0.15, -0.1) is 0 Å². The van der Waals surface area contributed by atoms with Gasteiger partial charge in [0, 0.05) is 18.5 Å². The van der Waals surface area contributed by atoms with Crippen molar-refractivity contribution in [1.82, 2.24) is 9.55 Å². The first-order chi connectivity index (χ1) is 12.3. The Balaban J connectivity index is 2.27. The van der Waals surface area contributed by atoms with Gasteiger partial charge < -0.3 is 9.36 Å². The van der Waals surface area contributed by atoms with Crippen LogP contribution in [0.25, 0.3) is 22.4 Å². The van der Waals surface area contributed by atoms with Crippen LogP contribution in [-0.4, -0.2) is 15.8 Å². The van der Waals surface area contributed by atoms with Crippen molar-refractivity contribution in [3.05, 3.63) is 52.5 Å². The monoisotopic (exact) mass is 380 g/mol. The van der Waals surface area contributed by atoms with Gasteiger partial charge in [-0.3, -0.25) is 0 Å². The van der Waals surface area contributed by atoms with Crippen molar-refractivity contribution in [3.63, 3.8) is 0 Å². The highest BCUT2D eigenvalue weighted by Crippen LogP contribution is 2.37. The smallest absolute Gasteiger partial charge is 0.326 e. The molecule has 0 spiro atoms. The van der Waals surface area contributed by atoms with Crippen molar-refractivity contribution in [2.45, 2.75) is 25.4 Å². The van der Waals surface area contributed by atoms with E-state index in [0.29, 0.717) is 23.3 Å². The van der Waals surface area contributed by atoms with Gasteiger partial charge in [-0.05, 0) is 24.1 Å². The number of carbonyl (C=O) groups excluding carboxylic acids is 1. The Bertz CT molecular complexity index is 979. The number of imidazole rings is 1. The topological polar surface area (TPSA) is 34.9 Å². The second-order valence-corrected chi connectivity index (χ2v) is 6.46. The van der Waals surface area contributed by atoms with E-state index < -0.39 is 11.7 Å². The standard InChI is InChI=1S/C19H16ClF3N2O/c1-3-11(10-26)13-6-4-5-7-14(13)18-24-16-9-12(19(21,22)23)8-15(20)17(16)25(18)2/h4-11H,3H2,1-2H3. The molecule has 1 unspecified atom stereocenters. The zero-order valence-corrected chi connectivity index (χ0v) is 14.9. The molecule has 0 aliphatic carbocycles. The Morgan fingerprint density at radius 2 is 1.96 bits per heavy atom. The molecule has 0 aliphatic rings. The Labute approximate surface area is 153 Å². The van der Waals surface area contributed by atoms with Crippen LogP contribution in [-0.2, 0) is 18.0 Å². The van der Waals surface area contributed by atoms with Crippen molar-refractivity contribution in [3.8, 4) is 11.4 Å². The van der Waals surface area contributed by atoms with Crippen LogP contribution in [0.4, 0.5) is 13.2 Å². The molecule has 136 valence electrons. The lowest BCUT2D eigenvalue weighted by molar-refractivity contribution is -0.137. The summed E-state index contributed by atoms with van der Waals surface area (Å²) >= 11 is 6.11. The second kappa shape index (κ2) is 6.76. The molecular formula is C19H16ClF3N2O. The van der Waals surface area contributed by atoms with Gasteiger partial charge in [0.1, 0.15) is 12.1 Å². The number of nitrogens with zero attached hydrogens (tertiary/aromatic N) is 2. The highest BCUT2D eigenvalue weighted by atomic mass is 35.5. The molecule has 0 amide bonds. The average Bonchev–Trinajstić information content (AvgIpc) is 2.93. The third kappa shape index (κ3) is 3.09. The normalized spacial score (nSPS) is 13.2. The quantitative estimate of drug-likeness (QED) is 0.552. The maximum Gasteiger partial charge on any atom is 0.416 e. The van der Waals surface area contributed by atoms with Gasteiger partial charge in [-0.1, -0.05) is 42.8 Å². The zero-order chi connectivity index (χ0) is 19.1. The van der Waals surface area contributed by atoms with Crippen molar-refractivity contribution in [2.24, 2.45) is 7.05 Å². The third-order valence-corrected chi connectivity index (χ3v) is 4.74. The summed E-state index contributed by atoms with van der Waals surface area (Å²) in [4.78, 5) is 15.8. The first kappa shape index (κ1) is 18.5. The van der Waals surface area contributed by atoms with E-state index in [1.807, 2.05) is 19.1 Å². The Morgan fingerprint density at radius 1 is 1.27 bits per heavy atom. The summed E-state index contributed by atoms with van der Waals surface area (Å²) in [5, 5.41) is -0.0176. The van der Waals surface area contributed by atoms with Crippen LogP contribution in [0.1, 0.15) is 30.4 Å². The Kier molecular flexibility index (Phi) is 4.80. The maximum absolute atomic E-state index is 13.1. The predicted octanol–water partition coefficient (Wildman–Crippen LogP) is 5.61. The molecule has 0 saturated carbocycles. The van der Waals surface area contributed by atoms with Crippen molar-refractivity contribution in [2.75, 3.05) is 0 Å². The highest BCUT2D eigenvalue weighted by Gasteiger charge is 2.32. The molecule has 0 bridgehead atoms. The van der Waals surface area contributed by atoms with Crippen molar-refractivity contribution in [1.29, 1.82) is 0 Å². The molecule has 1 heterocycles. The zero-order valence-electron chi connectivity index (χ0n) is 14.1. The average molecular weight is 381 g/mol. The lowest BCUT2D eigenvalue weighted by Gasteiger charge is -2.14. The number of hydrogen-bond acceptors (Lipinski definition) is 2. The van der Waals surface area contributed by atoms with E-state index in [2.05, 4.69) is 4.98 Å². The summed E-state index contributed by atoms with van der Waals surface area (Å²) in [6, 6.07) is 9.16. The first-order valence-corrected chi connectivity index (χ1v) is 8.43. The van der Waals surface area contributed by atoms with Crippen LogP contribution in [0.15, 0.2) is 36.4 Å². The van der Waals surface area contributed by atoms with E-state index in [0.717, 1.165) is 24.0 Å². The van der Waals surface area contributed by atoms with Crippen LogP contribution in [0, 0.1) is 0 Å². The lowest BCUT2D eigenvalue weighted by atomic mass is 9.93. The molecule has 0 radical (unpaired) electrons. The van der Waals surface area contributed by atoms with E-state index in [4.69, 9.17) is 11.6 Å². The number of aryl methyl sites for hydroxylation is 1. The fourth-order valence-corrected chi connectivity index (χ4v) is 3.46. The number of alkyl halides is 3. The third-order valence-electron chi connectivity index (χ3n) is 4.46. The summed E-state index contributed by atoms with van der Waals surface area (Å²) in [5.74, 6) is 0.157. The minimum absolute atomic E-state index is 0.0176. The van der Waals surface area contributed by atoms with E-state index >= 15 is 0 Å². The minimum Gasteiger partial charge on any atom is -0.326 e. The minimum atomic E-state index is -4.50. The summed E-state index contributed by atoms with van der Waals surface area (Å²) in [7, 11) is 1.70. The van der Waals surface area contributed by atoms with Crippen LogP contribution in [0.2, 0.25) is 5.02 Å². The molecule has 0 fully saturated rings. The Morgan fingerprint density at radius 3 is 2.58 bits per heavy atom. The summed E-state index contributed by atoms with van der Waals surface area (Å²) < 4.78 is 40.8. The molecule has 1 aromatic heterocycles.